The van der Waals surface area contributed by atoms with E-state index in [1.807, 2.05) is 0 Å². The molecule has 0 aromatic rings. The molecule has 0 bridgehead atoms. The molecule has 1 fully saturated rings. The van der Waals surface area contributed by atoms with Crippen LogP contribution >= 0.6 is 0 Å². The van der Waals surface area contributed by atoms with E-state index in [0.29, 0.717) is 0 Å². The fraction of sp³-hybridized carbons (Fsp3) is 0.882. The number of rotatable bonds is 3. The molecular weight excluding hydrogens is 218 g/mol. The lowest BCUT2D eigenvalue weighted by atomic mass is 9.68. The average Bonchev–Trinajstić information content (AvgIpc) is 2.27. The number of piperidine rings is 1. The Morgan fingerprint density at radius 3 is 2.83 bits per heavy atom. The van der Waals surface area contributed by atoms with Gasteiger partial charge in [-0.2, -0.15) is 0 Å². The second-order valence-electron chi connectivity index (χ2n) is 7.24. The molecule has 1 nitrogen and oxygen atoms in total. The first-order chi connectivity index (χ1) is 8.56. The average molecular weight is 249 g/mol. The molecule has 1 aliphatic heterocycles. The van der Waals surface area contributed by atoms with Gasteiger partial charge in [-0.15, -0.1) is 0 Å². The number of hydrogen-bond acceptors (Lipinski definition) is 1. The Bertz CT molecular complexity index is 292. The normalized spacial score (nSPS) is 37.7. The van der Waals surface area contributed by atoms with E-state index < -0.39 is 0 Å². The van der Waals surface area contributed by atoms with Gasteiger partial charge < -0.3 is 5.32 Å². The van der Waals surface area contributed by atoms with Crippen LogP contribution in [0.1, 0.15) is 53.4 Å². The molecule has 18 heavy (non-hydrogen) atoms. The minimum atomic E-state index is 0.804. The number of nitrogens with one attached hydrogen (secondary N) is 1. The molecule has 104 valence electrons. The Labute approximate surface area is 113 Å². The fourth-order valence-corrected chi connectivity index (χ4v) is 4.35. The summed E-state index contributed by atoms with van der Waals surface area (Å²) in [7, 11) is 0. The Kier molecular flexibility index (Phi) is 4.89. The summed E-state index contributed by atoms with van der Waals surface area (Å²) in [5.74, 6) is 4.49. The zero-order chi connectivity index (χ0) is 13.1. The van der Waals surface area contributed by atoms with E-state index in [9.17, 15) is 0 Å². The SMILES string of the molecule is CC1=CC(C)CC(C2CCNCC2CC(C)C)C1. The van der Waals surface area contributed by atoms with Gasteiger partial charge in [0.05, 0.1) is 0 Å². The predicted octanol–water partition coefficient (Wildman–Crippen LogP) is 4.25. The molecular formula is C17H31N. The van der Waals surface area contributed by atoms with E-state index >= 15 is 0 Å². The molecule has 1 aliphatic carbocycles. The largest absolute Gasteiger partial charge is 0.316 e. The molecule has 4 unspecified atom stereocenters. The van der Waals surface area contributed by atoms with Crippen molar-refractivity contribution in [3.8, 4) is 0 Å². The maximum Gasteiger partial charge on any atom is -0.00177 e. The Hall–Kier alpha value is -0.300. The summed E-state index contributed by atoms with van der Waals surface area (Å²) in [6, 6.07) is 0. The minimum absolute atomic E-state index is 0.804. The van der Waals surface area contributed by atoms with Gasteiger partial charge in [-0.1, -0.05) is 32.4 Å². The van der Waals surface area contributed by atoms with Crippen LogP contribution in [0.25, 0.3) is 0 Å². The summed E-state index contributed by atoms with van der Waals surface area (Å²) in [5, 5.41) is 3.62. The first-order valence-corrected chi connectivity index (χ1v) is 7.94. The number of allylic oxidation sites excluding steroid dienone is 2. The summed E-state index contributed by atoms with van der Waals surface area (Å²) >= 11 is 0. The van der Waals surface area contributed by atoms with E-state index in [4.69, 9.17) is 0 Å². The first kappa shape index (κ1) is 14.1. The topological polar surface area (TPSA) is 12.0 Å². The highest BCUT2D eigenvalue weighted by Crippen LogP contribution is 2.40. The molecule has 2 aliphatic rings. The van der Waals surface area contributed by atoms with Crippen LogP contribution < -0.4 is 5.32 Å². The van der Waals surface area contributed by atoms with Crippen molar-refractivity contribution in [3.05, 3.63) is 11.6 Å². The van der Waals surface area contributed by atoms with Gasteiger partial charge in [-0.05, 0) is 75.3 Å². The smallest absolute Gasteiger partial charge is 0.00177 e. The van der Waals surface area contributed by atoms with Crippen LogP contribution in [-0.4, -0.2) is 13.1 Å². The zero-order valence-corrected chi connectivity index (χ0v) is 12.7. The van der Waals surface area contributed by atoms with Gasteiger partial charge in [0, 0.05) is 0 Å². The molecule has 0 saturated carbocycles. The van der Waals surface area contributed by atoms with Crippen molar-refractivity contribution >= 4 is 0 Å². The second kappa shape index (κ2) is 6.23. The molecule has 0 amide bonds. The summed E-state index contributed by atoms with van der Waals surface area (Å²) in [5.41, 5.74) is 1.64. The van der Waals surface area contributed by atoms with E-state index in [2.05, 4.69) is 39.1 Å². The van der Waals surface area contributed by atoms with Crippen molar-refractivity contribution in [2.45, 2.75) is 53.4 Å². The maximum absolute atomic E-state index is 3.62. The van der Waals surface area contributed by atoms with Crippen LogP contribution in [-0.2, 0) is 0 Å². The molecule has 1 N–H and O–H groups in total. The zero-order valence-electron chi connectivity index (χ0n) is 12.7. The minimum Gasteiger partial charge on any atom is -0.316 e. The highest BCUT2D eigenvalue weighted by Gasteiger charge is 2.33. The van der Waals surface area contributed by atoms with Crippen LogP contribution in [0.2, 0.25) is 0 Å². The van der Waals surface area contributed by atoms with Crippen molar-refractivity contribution in [1.82, 2.24) is 5.32 Å². The molecule has 0 spiro atoms. The summed E-state index contributed by atoms with van der Waals surface area (Å²) in [6.07, 6.45) is 8.10. The van der Waals surface area contributed by atoms with Crippen molar-refractivity contribution < 1.29 is 0 Å². The number of hydrogen-bond donors (Lipinski definition) is 1. The molecule has 0 aromatic heterocycles. The van der Waals surface area contributed by atoms with E-state index in [1.54, 1.807) is 5.57 Å². The molecule has 1 heteroatoms. The van der Waals surface area contributed by atoms with Crippen LogP contribution in [0.4, 0.5) is 0 Å². The second-order valence-corrected chi connectivity index (χ2v) is 7.24. The Morgan fingerprint density at radius 1 is 1.39 bits per heavy atom. The quantitative estimate of drug-likeness (QED) is 0.737. The molecule has 0 radical (unpaired) electrons. The lowest BCUT2D eigenvalue weighted by Gasteiger charge is -2.41. The third-order valence-electron chi connectivity index (χ3n) is 4.87. The summed E-state index contributed by atoms with van der Waals surface area (Å²) in [6.45, 7) is 12.0. The Morgan fingerprint density at radius 2 is 2.17 bits per heavy atom. The highest BCUT2D eigenvalue weighted by atomic mass is 14.9. The molecule has 4 atom stereocenters. The third-order valence-corrected chi connectivity index (χ3v) is 4.87. The van der Waals surface area contributed by atoms with Gasteiger partial charge in [-0.25, -0.2) is 0 Å². The predicted molar refractivity (Wildman–Crippen MR) is 79.6 cm³/mol. The van der Waals surface area contributed by atoms with Crippen LogP contribution in [0, 0.1) is 29.6 Å². The fourth-order valence-electron chi connectivity index (χ4n) is 4.35. The van der Waals surface area contributed by atoms with Gasteiger partial charge in [0.25, 0.3) is 0 Å². The van der Waals surface area contributed by atoms with Crippen LogP contribution in [0.3, 0.4) is 0 Å². The third kappa shape index (κ3) is 3.60. The standard InChI is InChI=1S/C17H31N/c1-12(2)7-16-11-18-6-5-17(16)15-9-13(3)8-14(4)10-15/h8,12-13,15-18H,5-7,9-11H2,1-4H3. The van der Waals surface area contributed by atoms with Crippen molar-refractivity contribution in [2.75, 3.05) is 13.1 Å². The van der Waals surface area contributed by atoms with Crippen LogP contribution in [0.5, 0.6) is 0 Å². The van der Waals surface area contributed by atoms with Gasteiger partial charge in [-0.3, -0.25) is 0 Å². The lowest BCUT2D eigenvalue weighted by molar-refractivity contribution is 0.133. The first-order valence-electron chi connectivity index (χ1n) is 7.94. The van der Waals surface area contributed by atoms with E-state index in [-0.39, 0.29) is 0 Å². The Balaban J connectivity index is 2.02. The monoisotopic (exact) mass is 249 g/mol. The van der Waals surface area contributed by atoms with E-state index in [1.165, 1.54) is 38.8 Å². The van der Waals surface area contributed by atoms with E-state index in [0.717, 1.165) is 29.6 Å². The highest BCUT2D eigenvalue weighted by molar-refractivity contribution is 5.07. The van der Waals surface area contributed by atoms with Gasteiger partial charge in [0.2, 0.25) is 0 Å². The molecule has 1 heterocycles. The summed E-state index contributed by atoms with van der Waals surface area (Å²) < 4.78 is 0. The molecule has 2 rings (SSSR count). The molecule has 0 aromatic carbocycles. The van der Waals surface area contributed by atoms with Gasteiger partial charge in [0.15, 0.2) is 0 Å². The van der Waals surface area contributed by atoms with Crippen molar-refractivity contribution in [3.63, 3.8) is 0 Å². The maximum atomic E-state index is 3.62. The summed E-state index contributed by atoms with van der Waals surface area (Å²) in [4.78, 5) is 0. The van der Waals surface area contributed by atoms with Crippen molar-refractivity contribution in [1.29, 1.82) is 0 Å². The van der Waals surface area contributed by atoms with Crippen LogP contribution in [0.15, 0.2) is 11.6 Å². The van der Waals surface area contributed by atoms with Gasteiger partial charge >= 0.3 is 0 Å². The molecule has 1 saturated heterocycles. The lowest BCUT2D eigenvalue weighted by Crippen LogP contribution is -2.41. The van der Waals surface area contributed by atoms with Crippen molar-refractivity contribution in [2.24, 2.45) is 29.6 Å². The van der Waals surface area contributed by atoms with Gasteiger partial charge in [0.1, 0.15) is 0 Å².